The van der Waals surface area contributed by atoms with Gasteiger partial charge in [-0.15, -0.1) is 24.0 Å². The Morgan fingerprint density at radius 1 is 1.19 bits per heavy atom. The zero-order valence-corrected chi connectivity index (χ0v) is 21.3. The zero-order chi connectivity index (χ0) is 21.6. The number of hydrogen-bond donors (Lipinski definition) is 2. The molecule has 0 aromatic heterocycles. The number of carbonyl (C=O) groups is 1. The van der Waals surface area contributed by atoms with E-state index >= 15 is 0 Å². The summed E-state index contributed by atoms with van der Waals surface area (Å²) in [6.45, 7) is 10.9. The monoisotopic (exact) mass is 545 g/mol. The molecule has 1 aromatic carbocycles. The summed E-state index contributed by atoms with van der Waals surface area (Å²) >= 11 is 0. The van der Waals surface area contributed by atoms with Gasteiger partial charge in [-0.2, -0.15) is 0 Å². The van der Waals surface area contributed by atoms with Crippen LogP contribution in [0.15, 0.2) is 35.3 Å². The van der Waals surface area contributed by atoms with E-state index in [2.05, 4.69) is 55.8 Å². The number of alkyl carbamates (subject to hydrolysis) is 1. The lowest BCUT2D eigenvalue weighted by atomic mass is 10.1. The highest BCUT2D eigenvalue weighted by Crippen LogP contribution is 2.24. The molecular weight excluding hydrogens is 509 g/mol. The summed E-state index contributed by atoms with van der Waals surface area (Å²) in [5.74, 6) is 0.832. The molecule has 0 radical (unpaired) electrons. The summed E-state index contributed by atoms with van der Waals surface area (Å²) in [5, 5.41) is 6.10. The third-order valence-electron chi connectivity index (χ3n) is 5.23. The van der Waals surface area contributed by atoms with Crippen molar-refractivity contribution < 1.29 is 14.3 Å². The molecule has 2 atom stereocenters. The van der Waals surface area contributed by atoms with Gasteiger partial charge in [0.2, 0.25) is 0 Å². The van der Waals surface area contributed by atoms with Crippen molar-refractivity contribution in [3.05, 3.63) is 35.9 Å². The van der Waals surface area contributed by atoms with Gasteiger partial charge < -0.3 is 25.0 Å². The van der Waals surface area contributed by atoms with E-state index in [4.69, 9.17) is 9.47 Å². The Bertz CT molecular complexity index is 726. The Hall–Kier alpha value is -1.59. The largest absolute Gasteiger partial charge is 0.444 e. The molecule has 1 aromatic rings. The lowest BCUT2D eigenvalue weighted by Crippen LogP contribution is -2.50. The van der Waals surface area contributed by atoms with Crippen LogP contribution in [0.5, 0.6) is 0 Å². The quantitative estimate of drug-likeness (QED) is 0.256. The van der Waals surface area contributed by atoms with Gasteiger partial charge in [0.1, 0.15) is 5.60 Å². The molecule has 0 bridgehead atoms. The number of carbonyl (C=O) groups excluding carboxylic acids is 1. The molecule has 2 fully saturated rings. The predicted octanol–water partition coefficient (Wildman–Crippen LogP) is 2.29. The maximum absolute atomic E-state index is 11.8. The molecule has 2 unspecified atom stereocenters. The highest BCUT2D eigenvalue weighted by Gasteiger charge is 2.41. The van der Waals surface area contributed by atoms with Gasteiger partial charge in [-0.1, -0.05) is 30.3 Å². The lowest BCUT2D eigenvalue weighted by Gasteiger charge is -2.36. The molecule has 0 aliphatic carbocycles. The molecule has 2 heterocycles. The van der Waals surface area contributed by atoms with Gasteiger partial charge in [0.25, 0.3) is 0 Å². The summed E-state index contributed by atoms with van der Waals surface area (Å²) in [6, 6.07) is 10.9. The van der Waals surface area contributed by atoms with Gasteiger partial charge in [-0.05, 0) is 26.3 Å². The van der Waals surface area contributed by atoms with Gasteiger partial charge in [-0.3, -0.25) is 9.89 Å². The second kappa shape index (κ2) is 11.9. The van der Waals surface area contributed by atoms with Crippen molar-refractivity contribution in [3.8, 4) is 0 Å². The Kier molecular flexibility index (Phi) is 9.83. The molecule has 2 aliphatic heterocycles. The fraction of sp³-hybridized carbons (Fsp3) is 0.636. The third-order valence-corrected chi connectivity index (χ3v) is 5.23. The van der Waals surface area contributed by atoms with Crippen molar-refractivity contribution in [1.29, 1.82) is 0 Å². The summed E-state index contributed by atoms with van der Waals surface area (Å²) in [7, 11) is 1.79. The van der Waals surface area contributed by atoms with Crippen LogP contribution in [0.3, 0.4) is 0 Å². The van der Waals surface area contributed by atoms with Gasteiger partial charge in [-0.25, -0.2) is 4.79 Å². The van der Waals surface area contributed by atoms with Gasteiger partial charge >= 0.3 is 6.09 Å². The smallest absolute Gasteiger partial charge is 0.407 e. The van der Waals surface area contributed by atoms with Crippen LogP contribution in [0.1, 0.15) is 26.3 Å². The Balaban J connectivity index is 0.00000341. The number of nitrogens with one attached hydrogen (secondary N) is 2. The van der Waals surface area contributed by atoms with Gasteiger partial charge in [0, 0.05) is 46.3 Å². The van der Waals surface area contributed by atoms with E-state index in [1.807, 2.05) is 20.8 Å². The second-order valence-electron chi connectivity index (χ2n) is 8.74. The number of hydrogen-bond acceptors (Lipinski definition) is 5. The number of likely N-dealkylation sites (tertiary alicyclic amines) is 1. The number of nitrogens with zero attached hydrogens (tertiary/aromatic N) is 3. The first-order valence-electron chi connectivity index (χ1n) is 10.7. The van der Waals surface area contributed by atoms with Gasteiger partial charge in [0.05, 0.1) is 18.8 Å². The molecule has 3 rings (SSSR count). The number of amides is 1. The molecule has 8 nitrogen and oxygen atoms in total. The molecule has 174 valence electrons. The molecule has 2 saturated heterocycles. The van der Waals surface area contributed by atoms with E-state index < -0.39 is 11.7 Å². The van der Waals surface area contributed by atoms with E-state index in [-0.39, 0.29) is 30.1 Å². The van der Waals surface area contributed by atoms with Crippen molar-refractivity contribution in [2.45, 2.75) is 45.1 Å². The Morgan fingerprint density at radius 2 is 1.90 bits per heavy atom. The maximum Gasteiger partial charge on any atom is 0.407 e. The summed E-state index contributed by atoms with van der Waals surface area (Å²) in [4.78, 5) is 20.9. The van der Waals surface area contributed by atoms with Crippen LogP contribution in [0.4, 0.5) is 4.79 Å². The number of morpholine rings is 1. The number of rotatable bonds is 5. The topological polar surface area (TPSA) is 78.4 Å². The van der Waals surface area contributed by atoms with Crippen LogP contribution in [0.2, 0.25) is 0 Å². The number of aliphatic imine (C=N–C) groups is 1. The van der Waals surface area contributed by atoms with Crippen LogP contribution < -0.4 is 10.6 Å². The number of benzene rings is 1. The van der Waals surface area contributed by atoms with E-state index in [0.29, 0.717) is 19.1 Å². The van der Waals surface area contributed by atoms with Crippen molar-refractivity contribution >= 4 is 36.0 Å². The summed E-state index contributed by atoms with van der Waals surface area (Å²) in [5.41, 5.74) is 0.831. The van der Waals surface area contributed by atoms with Crippen molar-refractivity contribution in [2.24, 2.45) is 4.99 Å². The van der Waals surface area contributed by atoms with Crippen molar-refractivity contribution in [2.75, 3.05) is 46.4 Å². The molecular formula is C22H36IN5O3. The van der Waals surface area contributed by atoms with E-state index in [0.717, 1.165) is 38.7 Å². The second-order valence-corrected chi connectivity index (χ2v) is 8.74. The minimum absolute atomic E-state index is 0. The number of fused-ring (bicyclic) bond motifs is 1. The number of halogens is 1. The third kappa shape index (κ3) is 7.80. The molecule has 0 saturated carbocycles. The molecule has 31 heavy (non-hydrogen) atoms. The van der Waals surface area contributed by atoms with E-state index in [1.54, 1.807) is 7.05 Å². The van der Waals surface area contributed by atoms with Crippen LogP contribution in [-0.2, 0) is 16.0 Å². The van der Waals surface area contributed by atoms with E-state index in [1.165, 1.54) is 5.56 Å². The van der Waals surface area contributed by atoms with Gasteiger partial charge in [0.15, 0.2) is 5.96 Å². The first-order chi connectivity index (χ1) is 14.4. The molecule has 2 N–H and O–H groups in total. The van der Waals surface area contributed by atoms with Crippen LogP contribution in [-0.4, -0.2) is 86.0 Å². The molecule has 0 spiro atoms. The molecule has 2 aliphatic rings. The minimum Gasteiger partial charge on any atom is -0.444 e. The SMILES string of the molecule is CN=C(NCCNC(=O)OC(C)(C)C)N1CC2OCCN(Cc3ccccc3)C2C1.I. The van der Waals surface area contributed by atoms with Crippen LogP contribution in [0.25, 0.3) is 0 Å². The Morgan fingerprint density at radius 3 is 2.58 bits per heavy atom. The highest BCUT2D eigenvalue weighted by atomic mass is 127. The van der Waals surface area contributed by atoms with Crippen LogP contribution in [0, 0.1) is 0 Å². The standard InChI is InChI=1S/C22H35N5O3.HI/c1-22(2,3)30-21(28)25-11-10-24-20(23-4)27-15-18-19(16-27)29-13-12-26(18)14-17-8-6-5-7-9-17;/h5-9,18-19H,10-16H2,1-4H3,(H,23,24)(H,25,28);1H. The fourth-order valence-electron chi connectivity index (χ4n) is 3.93. The Labute approximate surface area is 202 Å². The van der Waals surface area contributed by atoms with E-state index in [9.17, 15) is 4.79 Å². The molecule has 9 heteroatoms. The maximum atomic E-state index is 11.8. The lowest BCUT2D eigenvalue weighted by molar-refractivity contribution is -0.0502. The number of ether oxygens (including phenoxy) is 2. The predicted molar refractivity (Wildman–Crippen MR) is 133 cm³/mol. The van der Waals surface area contributed by atoms with Crippen molar-refractivity contribution in [3.63, 3.8) is 0 Å². The minimum atomic E-state index is -0.495. The first-order valence-corrected chi connectivity index (χ1v) is 10.7. The average molecular weight is 545 g/mol. The summed E-state index contributed by atoms with van der Waals surface area (Å²) in [6.07, 6.45) is -0.225. The fourth-order valence-corrected chi connectivity index (χ4v) is 3.93. The first kappa shape index (κ1) is 25.7. The normalized spacial score (nSPS) is 21.8. The number of guanidine groups is 1. The average Bonchev–Trinajstić information content (AvgIpc) is 3.12. The zero-order valence-electron chi connectivity index (χ0n) is 19.0. The van der Waals surface area contributed by atoms with Crippen LogP contribution >= 0.6 is 24.0 Å². The highest BCUT2D eigenvalue weighted by molar-refractivity contribution is 14.0. The summed E-state index contributed by atoms with van der Waals surface area (Å²) < 4.78 is 11.3. The molecule has 1 amide bonds. The van der Waals surface area contributed by atoms with Crippen molar-refractivity contribution in [1.82, 2.24) is 20.4 Å².